The number of amides is 3. The fourth-order valence-electron chi connectivity index (χ4n) is 4.79. The van der Waals surface area contributed by atoms with Crippen molar-refractivity contribution in [3.63, 3.8) is 0 Å². The number of nitrogens with one attached hydrogen (secondary N) is 2. The van der Waals surface area contributed by atoms with E-state index < -0.39 is 41.1 Å². The first-order chi connectivity index (χ1) is 20.3. The van der Waals surface area contributed by atoms with E-state index in [4.69, 9.17) is 11.2 Å². The molecule has 7 nitrogen and oxygen atoms in total. The summed E-state index contributed by atoms with van der Waals surface area (Å²) in [6.45, 7) is 13.0. The van der Waals surface area contributed by atoms with E-state index in [2.05, 4.69) is 16.6 Å². The maximum atomic E-state index is 14.8. The van der Waals surface area contributed by atoms with Crippen molar-refractivity contribution >= 4 is 23.6 Å². The normalized spacial score (nSPS) is 12.8. The number of para-hydroxylation sites is 1. The number of benzene rings is 3. The third-order valence-corrected chi connectivity index (χ3v) is 7.35. The average Bonchev–Trinajstić information content (AvgIpc) is 2.95. The second kappa shape index (κ2) is 14.1. The Morgan fingerprint density at radius 1 is 0.907 bits per heavy atom. The number of rotatable bonds is 10. The summed E-state index contributed by atoms with van der Waals surface area (Å²) >= 11 is 0. The largest absolute Gasteiger partial charge is 0.444 e. The van der Waals surface area contributed by atoms with Gasteiger partial charge in [-0.05, 0) is 76.8 Å². The SMILES string of the molecule is C#Cc1ccccc1C(C(=O)Nc1ccccc1C)N(C(=O)C(Cc1ccccc1)NC(=O)OC(C)(C)C)C(C)(C)CC. The first kappa shape index (κ1) is 32.9. The van der Waals surface area contributed by atoms with Crippen LogP contribution in [0.1, 0.15) is 76.3 Å². The van der Waals surface area contributed by atoms with Crippen LogP contribution in [0, 0.1) is 19.3 Å². The van der Waals surface area contributed by atoms with E-state index in [1.54, 1.807) is 49.9 Å². The molecule has 0 saturated carbocycles. The molecular formula is C36H43N3O4. The predicted molar refractivity (Wildman–Crippen MR) is 171 cm³/mol. The average molecular weight is 582 g/mol. The van der Waals surface area contributed by atoms with E-state index >= 15 is 0 Å². The third kappa shape index (κ3) is 8.71. The minimum Gasteiger partial charge on any atom is -0.444 e. The quantitative estimate of drug-likeness (QED) is 0.258. The van der Waals surface area contributed by atoms with Crippen LogP contribution in [0.3, 0.4) is 0 Å². The van der Waals surface area contributed by atoms with Crippen LogP contribution in [-0.4, -0.2) is 40.0 Å². The van der Waals surface area contributed by atoms with Crippen molar-refractivity contribution in [2.45, 2.75) is 84.5 Å². The lowest BCUT2D eigenvalue weighted by molar-refractivity contribution is -0.147. The highest BCUT2D eigenvalue weighted by Gasteiger charge is 2.44. The Labute approximate surface area is 256 Å². The Balaban J connectivity index is 2.19. The molecule has 0 spiro atoms. The first-order valence-electron chi connectivity index (χ1n) is 14.6. The summed E-state index contributed by atoms with van der Waals surface area (Å²) in [6, 6.07) is 21.9. The van der Waals surface area contributed by atoms with Crippen LogP contribution in [0.25, 0.3) is 0 Å². The summed E-state index contributed by atoms with van der Waals surface area (Å²) in [4.78, 5) is 43.8. The lowest BCUT2D eigenvalue weighted by atomic mass is 9.89. The van der Waals surface area contributed by atoms with E-state index in [0.717, 1.165) is 11.1 Å². The molecule has 3 aromatic rings. The lowest BCUT2D eigenvalue weighted by Crippen LogP contribution is -2.59. The predicted octanol–water partition coefficient (Wildman–Crippen LogP) is 6.81. The molecule has 0 aliphatic carbocycles. The van der Waals surface area contributed by atoms with Crippen molar-refractivity contribution < 1.29 is 19.1 Å². The van der Waals surface area contributed by atoms with Gasteiger partial charge in [-0.2, -0.15) is 0 Å². The Morgan fingerprint density at radius 3 is 2.12 bits per heavy atom. The number of aryl methyl sites for hydroxylation is 1. The van der Waals surface area contributed by atoms with Gasteiger partial charge in [0.05, 0.1) is 0 Å². The summed E-state index contributed by atoms with van der Waals surface area (Å²) in [7, 11) is 0. The van der Waals surface area contributed by atoms with Crippen LogP contribution in [0.15, 0.2) is 78.9 Å². The summed E-state index contributed by atoms with van der Waals surface area (Å²) in [5.41, 5.74) is 1.77. The Kier molecular flexibility index (Phi) is 10.8. The second-order valence-corrected chi connectivity index (χ2v) is 12.2. The van der Waals surface area contributed by atoms with Crippen LogP contribution in [0.5, 0.6) is 0 Å². The number of alkyl carbamates (subject to hydrolysis) is 1. The highest BCUT2D eigenvalue weighted by molar-refractivity contribution is 6.00. The molecule has 0 saturated heterocycles. The van der Waals surface area contributed by atoms with Crippen molar-refractivity contribution in [2.75, 3.05) is 5.32 Å². The van der Waals surface area contributed by atoms with Crippen LogP contribution in [0.2, 0.25) is 0 Å². The van der Waals surface area contributed by atoms with Gasteiger partial charge in [0, 0.05) is 23.2 Å². The molecule has 3 amide bonds. The zero-order valence-corrected chi connectivity index (χ0v) is 26.2. The van der Waals surface area contributed by atoms with E-state index in [0.29, 0.717) is 23.2 Å². The van der Waals surface area contributed by atoms with Gasteiger partial charge in [0.2, 0.25) is 5.91 Å². The number of nitrogens with zero attached hydrogens (tertiary/aromatic N) is 1. The molecule has 226 valence electrons. The van der Waals surface area contributed by atoms with Gasteiger partial charge in [-0.1, -0.05) is 79.6 Å². The van der Waals surface area contributed by atoms with Crippen molar-refractivity contribution in [2.24, 2.45) is 0 Å². The molecule has 2 atom stereocenters. The van der Waals surface area contributed by atoms with E-state index in [9.17, 15) is 14.4 Å². The lowest BCUT2D eigenvalue weighted by Gasteiger charge is -2.45. The van der Waals surface area contributed by atoms with Gasteiger partial charge in [0.25, 0.3) is 5.91 Å². The molecule has 0 aromatic heterocycles. The van der Waals surface area contributed by atoms with Gasteiger partial charge < -0.3 is 20.3 Å². The van der Waals surface area contributed by atoms with Gasteiger partial charge in [0.15, 0.2) is 0 Å². The topological polar surface area (TPSA) is 87.7 Å². The number of carbonyl (C=O) groups excluding carboxylic acids is 3. The minimum atomic E-state index is -1.10. The summed E-state index contributed by atoms with van der Waals surface area (Å²) in [5.74, 6) is 1.84. The monoisotopic (exact) mass is 581 g/mol. The van der Waals surface area contributed by atoms with Crippen LogP contribution >= 0.6 is 0 Å². The zero-order valence-electron chi connectivity index (χ0n) is 26.2. The Bertz CT molecular complexity index is 1470. The fraction of sp³-hybridized carbons (Fsp3) is 0.361. The minimum absolute atomic E-state index is 0.193. The Hall–Kier alpha value is -4.57. The van der Waals surface area contributed by atoms with E-state index in [1.165, 1.54) is 0 Å². The van der Waals surface area contributed by atoms with Crippen molar-refractivity contribution in [1.29, 1.82) is 0 Å². The highest BCUT2D eigenvalue weighted by atomic mass is 16.6. The molecule has 43 heavy (non-hydrogen) atoms. The number of terminal acetylenes is 1. The third-order valence-electron chi connectivity index (χ3n) is 7.35. The van der Waals surface area contributed by atoms with Crippen molar-refractivity contribution in [1.82, 2.24) is 10.2 Å². The maximum absolute atomic E-state index is 14.8. The Morgan fingerprint density at radius 2 is 1.51 bits per heavy atom. The number of anilines is 1. The fourth-order valence-corrected chi connectivity index (χ4v) is 4.79. The molecule has 3 aromatic carbocycles. The van der Waals surface area contributed by atoms with Gasteiger partial charge in [0.1, 0.15) is 17.7 Å². The van der Waals surface area contributed by atoms with Gasteiger partial charge in [-0.15, -0.1) is 6.42 Å². The summed E-state index contributed by atoms with van der Waals surface area (Å²) in [6.07, 6.45) is 5.91. The van der Waals surface area contributed by atoms with Crippen LogP contribution in [-0.2, 0) is 20.7 Å². The van der Waals surface area contributed by atoms with E-state index in [1.807, 2.05) is 82.3 Å². The highest BCUT2D eigenvalue weighted by Crippen LogP contribution is 2.35. The first-order valence-corrected chi connectivity index (χ1v) is 14.6. The molecule has 0 bridgehead atoms. The molecule has 2 unspecified atom stereocenters. The van der Waals surface area contributed by atoms with Gasteiger partial charge in [-0.25, -0.2) is 4.79 Å². The molecule has 0 aliphatic heterocycles. The molecule has 0 radical (unpaired) electrons. The number of ether oxygens (including phenoxy) is 1. The number of carbonyl (C=O) groups is 3. The standard InChI is InChI=1S/C36H43N3O4/c1-9-27-21-15-16-22-28(27)31(32(40)37-29-23-17-14-18-25(29)3)39(36(7,8)10-2)33(41)30(24-26-19-12-11-13-20-26)38-34(42)43-35(4,5)6/h1,11-23,30-31H,10,24H2,2-8H3,(H,37,40)(H,38,42). The smallest absolute Gasteiger partial charge is 0.408 e. The van der Waals surface area contributed by atoms with Crippen molar-refractivity contribution in [3.8, 4) is 12.3 Å². The van der Waals surface area contributed by atoms with Crippen molar-refractivity contribution in [3.05, 3.63) is 101 Å². The summed E-state index contributed by atoms with van der Waals surface area (Å²) in [5, 5.41) is 5.85. The van der Waals surface area contributed by atoms with Crippen LogP contribution in [0.4, 0.5) is 10.5 Å². The van der Waals surface area contributed by atoms with Gasteiger partial charge in [-0.3, -0.25) is 9.59 Å². The molecule has 0 heterocycles. The molecular weight excluding hydrogens is 538 g/mol. The molecule has 3 rings (SSSR count). The maximum Gasteiger partial charge on any atom is 0.408 e. The molecule has 0 aliphatic rings. The van der Waals surface area contributed by atoms with Gasteiger partial charge >= 0.3 is 6.09 Å². The molecule has 2 N–H and O–H groups in total. The number of hydrogen-bond donors (Lipinski definition) is 2. The molecule has 7 heteroatoms. The zero-order chi connectivity index (χ0) is 31.8. The summed E-state index contributed by atoms with van der Waals surface area (Å²) < 4.78 is 5.54. The second-order valence-electron chi connectivity index (χ2n) is 12.2. The van der Waals surface area contributed by atoms with Crippen LogP contribution < -0.4 is 10.6 Å². The number of hydrogen-bond acceptors (Lipinski definition) is 4. The molecule has 0 fully saturated rings. The van der Waals surface area contributed by atoms with E-state index in [-0.39, 0.29) is 6.42 Å².